The van der Waals surface area contributed by atoms with Gasteiger partial charge in [0, 0.05) is 25.5 Å². The van der Waals surface area contributed by atoms with Crippen molar-refractivity contribution in [3.05, 3.63) is 54.1 Å². The highest BCUT2D eigenvalue weighted by Crippen LogP contribution is 2.25. The summed E-state index contributed by atoms with van der Waals surface area (Å²) in [7, 11) is 1.64. The molecule has 0 bridgehead atoms. The molecule has 0 aliphatic rings. The Kier molecular flexibility index (Phi) is 10.9. The van der Waals surface area contributed by atoms with Crippen molar-refractivity contribution in [2.75, 3.05) is 45.8 Å². The largest absolute Gasteiger partial charge is 0.493 e. The smallest absolute Gasteiger partial charge is 0.161 e. The first-order valence-corrected chi connectivity index (χ1v) is 9.00. The van der Waals surface area contributed by atoms with Crippen molar-refractivity contribution < 1.29 is 14.2 Å². The van der Waals surface area contributed by atoms with Crippen molar-refractivity contribution in [3.63, 3.8) is 0 Å². The highest BCUT2D eigenvalue weighted by atomic mass is 35.5. The van der Waals surface area contributed by atoms with E-state index < -0.39 is 0 Å². The van der Waals surface area contributed by atoms with Crippen LogP contribution in [0.1, 0.15) is 5.56 Å². The van der Waals surface area contributed by atoms with Crippen LogP contribution in [-0.2, 0) is 0 Å². The zero-order valence-corrected chi connectivity index (χ0v) is 16.9. The minimum atomic E-state index is 0. The minimum absolute atomic E-state index is 0. The molecule has 0 saturated heterocycles. The fraction of sp³-hybridized carbons (Fsp3) is 0.400. The molecule has 2 aromatic carbocycles. The normalized spacial score (nSPS) is 10.3. The van der Waals surface area contributed by atoms with Gasteiger partial charge in [0.1, 0.15) is 19.0 Å². The lowest BCUT2D eigenvalue weighted by Gasteiger charge is -2.22. The predicted octanol–water partition coefficient (Wildman–Crippen LogP) is 4.42. The maximum atomic E-state index is 5.92. The number of nitrogens with zero attached hydrogens (tertiary/aromatic N) is 1. The summed E-state index contributed by atoms with van der Waals surface area (Å²) in [5.41, 5.74) is 1.14. The highest BCUT2D eigenvalue weighted by Gasteiger charge is 2.07. The van der Waals surface area contributed by atoms with E-state index in [4.69, 9.17) is 25.8 Å². The molecule has 0 N–H and O–H groups in total. The third kappa shape index (κ3) is 7.32. The van der Waals surface area contributed by atoms with E-state index in [-0.39, 0.29) is 12.4 Å². The van der Waals surface area contributed by atoms with Crippen LogP contribution >= 0.6 is 24.0 Å². The van der Waals surface area contributed by atoms with E-state index in [2.05, 4.69) is 4.90 Å². The van der Waals surface area contributed by atoms with Gasteiger partial charge in [-0.25, -0.2) is 0 Å². The van der Waals surface area contributed by atoms with Gasteiger partial charge in [0.25, 0.3) is 0 Å². The number of methoxy groups -OCH3 is 1. The van der Waals surface area contributed by atoms with Crippen LogP contribution in [0.3, 0.4) is 0 Å². The maximum absolute atomic E-state index is 5.92. The van der Waals surface area contributed by atoms with Crippen LogP contribution in [0.4, 0.5) is 0 Å². The van der Waals surface area contributed by atoms with Crippen molar-refractivity contribution in [2.45, 2.75) is 6.92 Å². The molecule has 0 radical (unpaired) electrons. The van der Waals surface area contributed by atoms with Gasteiger partial charge >= 0.3 is 0 Å². The molecule has 0 heterocycles. The summed E-state index contributed by atoms with van der Waals surface area (Å²) in [6, 6.07) is 15.7. The molecule has 0 saturated carbocycles. The number of alkyl halides is 1. The number of hydrogen-bond acceptors (Lipinski definition) is 4. The molecular formula is C20H27Cl2NO3. The van der Waals surface area contributed by atoms with Gasteiger partial charge in [-0.1, -0.05) is 30.3 Å². The average molecular weight is 400 g/mol. The first kappa shape index (κ1) is 22.4. The zero-order valence-electron chi connectivity index (χ0n) is 15.3. The van der Waals surface area contributed by atoms with Gasteiger partial charge in [0.05, 0.1) is 7.11 Å². The third-order valence-electron chi connectivity index (χ3n) is 3.89. The Hall–Kier alpha value is -1.62. The number of benzene rings is 2. The van der Waals surface area contributed by atoms with Crippen LogP contribution in [-0.4, -0.2) is 50.7 Å². The summed E-state index contributed by atoms with van der Waals surface area (Å²) in [4.78, 5) is 2.24. The second kappa shape index (κ2) is 12.7. The van der Waals surface area contributed by atoms with E-state index in [0.29, 0.717) is 19.1 Å². The van der Waals surface area contributed by atoms with E-state index >= 15 is 0 Å². The lowest BCUT2D eigenvalue weighted by Crippen LogP contribution is -2.34. The molecule has 2 aromatic rings. The van der Waals surface area contributed by atoms with E-state index in [1.54, 1.807) is 7.11 Å². The number of aryl methyl sites for hydroxylation is 1. The molecular weight excluding hydrogens is 373 g/mol. The van der Waals surface area contributed by atoms with Crippen LogP contribution in [0.2, 0.25) is 0 Å². The summed E-state index contributed by atoms with van der Waals surface area (Å²) in [6.45, 7) is 5.62. The van der Waals surface area contributed by atoms with Crippen molar-refractivity contribution in [3.8, 4) is 17.2 Å². The quantitative estimate of drug-likeness (QED) is 0.523. The number of halogens is 2. The van der Waals surface area contributed by atoms with Gasteiger partial charge in [-0.15, -0.1) is 24.0 Å². The maximum Gasteiger partial charge on any atom is 0.161 e. The second-order valence-corrected chi connectivity index (χ2v) is 6.02. The number of hydrogen-bond donors (Lipinski definition) is 0. The van der Waals surface area contributed by atoms with Crippen molar-refractivity contribution in [2.24, 2.45) is 0 Å². The zero-order chi connectivity index (χ0) is 17.9. The molecule has 144 valence electrons. The van der Waals surface area contributed by atoms with E-state index in [1.807, 2.05) is 55.5 Å². The molecule has 4 nitrogen and oxygen atoms in total. The first-order valence-electron chi connectivity index (χ1n) is 8.47. The number of para-hydroxylation sites is 3. The second-order valence-electron chi connectivity index (χ2n) is 5.64. The lowest BCUT2D eigenvalue weighted by molar-refractivity contribution is 0.180. The molecule has 0 fully saturated rings. The third-order valence-corrected chi connectivity index (χ3v) is 4.06. The van der Waals surface area contributed by atoms with Crippen LogP contribution in [0.25, 0.3) is 0 Å². The van der Waals surface area contributed by atoms with E-state index in [9.17, 15) is 0 Å². The molecule has 0 aliphatic heterocycles. The van der Waals surface area contributed by atoms with E-state index in [1.165, 1.54) is 0 Å². The Labute approximate surface area is 167 Å². The van der Waals surface area contributed by atoms with Crippen molar-refractivity contribution in [1.29, 1.82) is 0 Å². The monoisotopic (exact) mass is 399 g/mol. The fourth-order valence-electron chi connectivity index (χ4n) is 2.48. The predicted molar refractivity (Wildman–Crippen MR) is 110 cm³/mol. The van der Waals surface area contributed by atoms with Crippen molar-refractivity contribution >= 4 is 24.0 Å². The van der Waals surface area contributed by atoms with Crippen molar-refractivity contribution in [1.82, 2.24) is 4.90 Å². The topological polar surface area (TPSA) is 30.9 Å². The Morgan fingerprint density at radius 1 is 0.808 bits per heavy atom. The summed E-state index contributed by atoms with van der Waals surface area (Å²) >= 11 is 5.92. The summed E-state index contributed by atoms with van der Waals surface area (Å²) in [5.74, 6) is 3.01. The molecule has 6 heteroatoms. The van der Waals surface area contributed by atoms with Gasteiger partial charge in [0.2, 0.25) is 0 Å². The molecule has 2 rings (SSSR count). The molecule has 0 spiro atoms. The van der Waals surface area contributed by atoms with Crippen LogP contribution in [0.5, 0.6) is 17.2 Å². The van der Waals surface area contributed by atoms with Gasteiger partial charge < -0.3 is 14.2 Å². The first-order chi connectivity index (χ1) is 12.2. The van der Waals surface area contributed by atoms with E-state index in [0.717, 1.165) is 42.4 Å². The molecule has 0 aromatic heterocycles. The molecule has 26 heavy (non-hydrogen) atoms. The van der Waals surface area contributed by atoms with Crippen LogP contribution < -0.4 is 14.2 Å². The summed E-state index contributed by atoms with van der Waals surface area (Å²) < 4.78 is 17.0. The summed E-state index contributed by atoms with van der Waals surface area (Å²) in [5, 5.41) is 0. The molecule has 0 atom stereocenters. The summed E-state index contributed by atoms with van der Waals surface area (Å²) in [6.07, 6.45) is 0. The minimum Gasteiger partial charge on any atom is -0.493 e. The fourth-order valence-corrected chi connectivity index (χ4v) is 2.72. The van der Waals surface area contributed by atoms with Gasteiger partial charge in [-0.05, 0) is 30.7 Å². The van der Waals surface area contributed by atoms with Gasteiger partial charge in [0.15, 0.2) is 11.5 Å². The van der Waals surface area contributed by atoms with Gasteiger partial charge in [-0.3, -0.25) is 4.90 Å². The molecule has 0 unspecified atom stereocenters. The number of rotatable bonds is 11. The standard InChI is InChI=1S/C20H26ClNO3.ClH/c1-17-7-3-4-8-18(17)24-15-13-22(12-11-21)14-16-25-20-10-6-5-9-19(20)23-2;/h3-10H,11-16H2,1-2H3;1H. The van der Waals surface area contributed by atoms with Crippen LogP contribution in [0.15, 0.2) is 48.5 Å². The molecule has 0 amide bonds. The number of ether oxygens (including phenoxy) is 3. The lowest BCUT2D eigenvalue weighted by atomic mass is 10.2. The molecule has 0 aliphatic carbocycles. The Morgan fingerprint density at radius 2 is 1.35 bits per heavy atom. The highest BCUT2D eigenvalue weighted by molar-refractivity contribution is 6.18. The Bertz CT molecular complexity index is 640. The average Bonchev–Trinajstić information content (AvgIpc) is 2.63. The van der Waals surface area contributed by atoms with Crippen LogP contribution in [0, 0.1) is 6.92 Å². The Balaban J connectivity index is 0.00000338. The Morgan fingerprint density at radius 3 is 1.92 bits per heavy atom. The van der Waals surface area contributed by atoms with Gasteiger partial charge in [-0.2, -0.15) is 0 Å². The SMILES string of the molecule is COc1ccccc1OCCN(CCCl)CCOc1ccccc1C.Cl.